The number of carbonyl (C=O) groups excluding carboxylic acids is 1. The second-order valence-electron chi connectivity index (χ2n) is 4.45. The van der Waals surface area contributed by atoms with E-state index in [1.54, 1.807) is 13.1 Å². The molecule has 3 rings (SSSR count). The van der Waals surface area contributed by atoms with Gasteiger partial charge >= 0.3 is 0 Å². The first-order chi connectivity index (χ1) is 10.0. The summed E-state index contributed by atoms with van der Waals surface area (Å²) in [4.78, 5) is 21.0. The minimum atomic E-state index is -0.580. The maximum absolute atomic E-state index is 11.5. The van der Waals surface area contributed by atoms with Crippen LogP contribution < -0.4 is 16.8 Å². The molecule has 3 aromatic heterocycles. The normalized spacial score (nSPS) is 11.0. The monoisotopic (exact) mass is 303 g/mol. The van der Waals surface area contributed by atoms with E-state index in [0.717, 1.165) is 17.1 Å². The Hall–Kier alpha value is -2.61. The fraction of sp³-hybridized carbons (Fsp3) is 0.154. The second-order valence-corrected chi connectivity index (χ2v) is 5.44. The number of aromatic nitrogens is 2. The highest BCUT2D eigenvalue weighted by Gasteiger charge is 2.21. The third kappa shape index (κ3) is 2.09. The molecule has 0 saturated carbocycles. The number of nitrogens with two attached hydrogens (primary N) is 2. The Labute approximate surface area is 124 Å². The highest BCUT2D eigenvalue weighted by molar-refractivity contribution is 7.21. The summed E-state index contributed by atoms with van der Waals surface area (Å²) in [6, 6.07) is 3.64. The van der Waals surface area contributed by atoms with E-state index in [0.29, 0.717) is 27.6 Å². The SMILES string of the molecule is CNc1nc(-c2ccc(C)o2)c2c(N)c(C(N)=O)sc2n1. The van der Waals surface area contributed by atoms with Crippen LogP contribution in [0.15, 0.2) is 16.5 Å². The number of nitrogen functional groups attached to an aromatic ring is 1. The fourth-order valence-electron chi connectivity index (χ4n) is 2.06. The zero-order chi connectivity index (χ0) is 15.1. The molecular formula is C13H13N5O2S. The molecule has 0 aliphatic heterocycles. The van der Waals surface area contributed by atoms with Crippen molar-refractivity contribution in [2.24, 2.45) is 5.73 Å². The van der Waals surface area contributed by atoms with Crippen LogP contribution in [0.4, 0.5) is 11.6 Å². The number of carbonyl (C=O) groups is 1. The molecule has 0 saturated heterocycles. The number of primary amides is 1. The van der Waals surface area contributed by atoms with Crippen molar-refractivity contribution in [2.45, 2.75) is 6.92 Å². The van der Waals surface area contributed by atoms with Crippen LogP contribution in [0.3, 0.4) is 0 Å². The van der Waals surface area contributed by atoms with E-state index >= 15 is 0 Å². The minimum absolute atomic E-state index is 0.275. The summed E-state index contributed by atoms with van der Waals surface area (Å²) in [6.45, 7) is 1.84. The lowest BCUT2D eigenvalue weighted by molar-refractivity contribution is 0.100. The van der Waals surface area contributed by atoms with Gasteiger partial charge in [0.25, 0.3) is 5.91 Å². The van der Waals surface area contributed by atoms with E-state index in [9.17, 15) is 4.79 Å². The number of aryl methyl sites for hydroxylation is 1. The molecule has 0 unspecified atom stereocenters. The van der Waals surface area contributed by atoms with Gasteiger partial charge in [-0.1, -0.05) is 0 Å². The Bertz CT molecular complexity index is 852. The maximum atomic E-state index is 11.5. The topological polar surface area (TPSA) is 120 Å². The van der Waals surface area contributed by atoms with E-state index < -0.39 is 5.91 Å². The molecule has 0 atom stereocenters. The molecule has 108 valence electrons. The Balaban J connectivity index is 2.38. The number of furan rings is 1. The van der Waals surface area contributed by atoms with E-state index in [2.05, 4.69) is 15.3 Å². The number of fused-ring (bicyclic) bond motifs is 1. The smallest absolute Gasteiger partial charge is 0.260 e. The number of anilines is 2. The van der Waals surface area contributed by atoms with Crippen molar-refractivity contribution in [1.82, 2.24) is 9.97 Å². The van der Waals surface area contributed by atoms with Crippen molar-refractivity contribution in [3.63, 3.8) is 0 Å². The number of thiophene rings is 1. The first kappa shape index (κ1) is 13.4. The van der Waals surface area contributed by atoms with E-state index in [1.165, 1.54) is 0 Å². The highest BCUT2D eigenvalue weighted by Crippen LogP contribution is 2.39. The fourth-order valence-corrected chi connectivity index (χ4v) is 3.00. The standard InChI is InChI=1S/C13H13N5O2S/c1-5-3-4-6(20-5)9-7-8(14)10(11(15)19)21-12(7)18-13(16-2)17-9/h3-4H,14H2,1-2H3,(H2,15,19)(H,16,17,18). The molecule has 1 amide bonds. The van der Waals surface area contributed by atoms with Gasteiger partial charge in [0.1, 0.15) is 21.2 Å². The van der Waals surface area contributed by atoms with Gasteiger partial charge in [0, 0.05) is 7.05 Å². The van der Waals surface area contributed by atoms with Gasteiger partial charge in [0.05, 0.1) is 11.1 Å². The third-order valence-electron chi connectivity index (χ3n) is 3.01. The van der Waals surface area contributed by atoms with Crippen molar-refractivity contribution >= 4 is 39.1 Å². The molecule has 0 spiro atoms. The molecule has 0 radical (unpaired) electrons. The molecule has 21 heavy (non-hydrogen) atoms. The average Bonchev–Trinajstić information content (AvgIpc) is 3.02. The second kappa shape index (κ2) is 4.74. The van der Waals surface area contributed by atoms with Gasteiger partial charge in [-0.25, -0.2) is 9.97 Å². The van der Waals surface area contributed by atoms with Crippen molar-refractivity contribution in [1.29, 1.82) is 0 Å². The summed E-state index contributed by atoms with van der Waals surface area (Å²) in [5.41, 5.74) is 12.2. The molecule has 0 aliphatic rings. The summed E-state index contributed by atoms with van der Waals surface area (Å²) in [7, 11) is 1.71. The first-order valence-electron chi connectivity index (χ1n) is 6.15. The van der Waals surface area contributed by atoms with Crippen LogP contribution in [0.1, 0.15) is 15.4 Å². The Morgan fingerprint density at radius 2 is 2.14 bits per heavy atom. The van der Waals surface area contributed by atoms with Crippen molar-refractivity contribution in [3.05, 3.63) is 22.8 Å². The number of nitrogens with one attached hydrogen (secondary N) is 1. The van der Waals surface area contributed by atoms with Gasteiger partial charge in [0.15, 0.2) is 5.76 Å². The lowest BCUT2D eigenvalue weighted by atomic mass is 10.2. The van der Waals surface area contributed by atoms with E-state index in [-0.39, 0.29) is 10.6 Å². The van der Waals surface area contributed by atoms with Crippen LogP contribution in [0.2, 0.25) is 0 Å². The number of nitrogens with zero attached hydrogens (tertiary/aromatic N) is 2. The lowest BCUT2D eigenvalue weighted by Crippen LogP contribution is -2.10. The Morgan fingerprint density at radius 3 is 2.71 bits per heavy atom. The van der Waals surface area contributed by atoms with Crippen LogP contribution in [0.5, 0.6) is 0 Å². The predicted molar refractivity (Wildman–Crippen MR) is 82.3 cm³/mol. The van der Waals surface area contributed by atoms with Gasteiger partial charge in [-0.15, -0.1) is 11.3 Å². The molecule has 0 aliphatic carbocycles. The highest BCUT2D eigenvalue weighted by atomic mass is 32.1. The zero-order valence-corrected chi connectivity index (χ0v) is 12.2. The number of hydrogen-bond donors (Lipinski definition) is 3. The van der Waals surface area contributed by atoms with Gasteiger partial charge in [-0.3, -0.25) is 4.79 Å². The number of rotatable bonds is 3. The lowest BCUT2D eigenvalue weighted by Gasteiger charge is -2.04. The molecule has 0 fully saturated rings. The predicted octanol–water partition coefficient (Wildman–Crippen LogP) is 1.98. The minimum Gasteiger partial charge on any atom is -0.460 e. The van der Waals surface area contributed by atoms with Gasteiger partial charge in [-0.2, -0.15) is 0 Å². The van der Waals surface area contributed by atoms with Gasteiger partial charge in [-0.05, 0) is 19.1 Å². The van der Waals surface area contributed by atoms with Gasteiger partial charge < -0.3 is 21.2 Å². The molecule has 3 heterocycles. The zero-order valence-electron chi connectivity index (χ0n) is 11.4. The Morgan fingerprint density at radius 1 is 1.38 bits per heavy atom. The Kier molecular flexibility index (Phi) is 3.02. The summed E-state index contributed by atoms with van der Waals surface area (Å²) in [5, 5.41) is 3.47. The van der Waals surface area contributed by atoms with Crippen LogP contribution in [0, 0.1) is 6.92 Å². The molecule has 3 aromatic rings. The third-order valence-corrected chi connectivity index (χ3v) is 4.12. The summed E-state index contributed by atoms with van der Waals surface area (Å²) < 4.78 is 5.62. The molecule has 0 bridgehead atoms. The molecule has 0 aromatic carbocycles. The van der Waals surface area contributed by atoms with Crippen LogP contribution in [0.25, 0.3) is 21.7 Å². The largest absolute Gasteiger partial charge is 0.460 e. The van der Waals surface area contributed by atoms with Crippen LogP contribution in [-0.2, 0) is 0 Å². The van der Waals surface area contributed by atoms with Crippen molar-refractivity contribution in [3.8, 4) is 11.5 Å². The van der Waals surface area contributed by atoms with Crippen LogP contribution >= 0.6 is 11.3 Å². The van der Waals surface area contributed by atoms with E-state index in [4.69, 9.17) is 15.9 Å². The summed E-state index contributed by atoms with van der Waals surface area (Å²) in [6.07, 6.45) is 0. The maximum Gasteiger partial charge on any atom is 0.260 e. The average molecular weight is 303 g/mol. The number of amides is 1. The number of hydrogen-bond acceptors (Lipinski definition) is 7. The van der Waals surface area contributed by atoms with Crippen LogP contribution in [-0.4, -0.2) is 22.9 Å². The van der Waals surface area contributed by atoms with Crippen molar-refractivity contribution < 1.29 is 9.21 Å². The summed E-state index contributed by atoms with van der Waals surface area (Å²) >= 11 is 1.14. The first-order valence-corrected chi connectivity index (χ1v) is 6.97. The summed E-state index contributed by atoms with van der Waals surface area (Å²) in [5.74, 6) is 1.16. The molecular weight excluding hydrogens is 290 g/mol. The molecule has 8 heteroatoms. The van der Waals surface area contributed by atoms with Crippen molar-refractivity contribution in [2.75, 3.05) is 18.1 Å². The quantitative estimate of drug-likeness (QED) is 0.680. The van der Waals surface area contributed by atoms with Gasteiger partial charge in [0.2, 0.25) is 5.95 Å². The van der Waals surface area contributed by atoms with E-state index in [1.807, 2.05) is 13.0 Å². The molecule has 7 nitrogen and oxygen atoms in total. The molecule has 5 N–H and O–H groups in total.